The normalized spacial score (nSPS) is 12.0. The SMILES string of the molecule is CCC(Nc1c(Cl)cc(Br)cc1Cl)c1ccccc1OC. The lowest BCUT2D eigenvalue weighted by atomic mass is 10.0. The van der Waals surface area contributed by atoms with Crippen LogP contribution in [0, 0.1) is 0 Å². The number of rotatable bonds is 5. The van der Waals surface area contributed by atoms with E-state index in [2.05, 4.69) is 28.2 Å². The van der Waals surface area contributed by atoms with E-state index in [0.29, 0.717) is 10.0 Å². The van der Waals surface area contributed by atoms with E-state index in [0.717, 1.165) is 27.9 Å². The van der Waals surface area contributed by atoms with Gasteiger partial charge in [0.1, 0.15) is 5.75 Å². The number of methoxy groups -OCH3 is 1. The molecule has 0 heterocycles. The van der Waals surface area contributed by atoms with Gasteiger partial charge in [0.2, 0.25) is 0 Å². The quantitative estimate of drug-likeness (QED) is 0.646. The third-order valence-corrected chi connectivity index (χ3v) is 4.30. The molecule has 0 fully saturated rings. The number of hydrogen-bond donors (Lipinski definition) is 1. The van der Waals surface area contributed by atoms with Gasteiger partial charge in [0, 0.05) is 10.0 Å². The molecule has 1 atom stereocenters. The molecule has 0 aliphatic carbocycles. The van der Waals surface area contributed by atoms with Crippen molar-refractivity contribution in [3.8, 4) is 5.75 Å². The Labute approximate surface area is 143 Å². The van der Waals surface area contributed by atoms with Crippen LogP contribution in [0.15, 0.2) is 40.9 Å². The highest BCUT2D eigenvalue weighted by Crippen LogP contribution is 2.38. The second-order valence-electron chi connectivity index (χ2n) is 4.59. The number of hydrogen-bond acceptors (Lipinski definition) is 2. The second-order valence-corrected chi connectivity index (χ2v) is 6.32. The van der Waals surface area contributed by atoms with Crippen LogP contribution in [0.4, 0.5) is 5.69 Å². The molecule has 0 bridgehead atoms. The molecule has 1 unspecified atom stereocenters. The van der Waals surface area contributed by atoms with E-state index >= 15 is 0 Å². The van der Waals surface area contributed by atoms with E-state index in [9.17, 15) is 0 Å². The van der Waals surface area contributed by atoms with E-state index in [1.807, 2.05) is 36.4 Å². The summed E-state index contributed by atoms with van der Waals surface area (Å²) in [7, 11) is 1.67. The minimum absolute atomic E-state index is 0.0670. The van der Waals surface area contributed by atoms with Crippen LogP contribution in [0.1, 0.15) is 24.9 Å². The van der Waals surface area contributed by atoms with Crippen molar-refractivity contribution in [3.05, 3.63) is 56.5 Å². The molecular formula is C16H16BrCl2NO. The lowest BCUT2D eigenvalue weighted by Crippen LogP contribution is -2.11. The van der Waals surface area contributed by atoms with Gasteiger partial charge in [-0.05, 0) is 24.6 Å². The number of ether oxygens (including phenoxy) is 1. The molecule has 0 saturated heterocycles. The summed E-state index contributed by atoms with van der Waals surface area (Å²) >= 11 is 16.0. The highest BCUT2D eigenvalue weighted by molar-refractivity contribution is 9.10. The summed E-state index contributed by atoms with van der Waals surface area (Å²) in [6.45, 7) is 2.10. The first-order valence-corrected chi connectivity index (χ1v) is 8.15. The molecule has 2 rings (SSSR count). The van der Waals surface area contributed by atoms with E-state index in [1.54, 1.807) is 7.11 Å². The van der Waals surface area contributed by atoms with E-state index in [1.165, 1.54) is 0 Å². The number of anilines is 1. The molecule has 0 spiro atoms. The van der Waals surface area contributed by atoms with Gasteiger partial charge in [0.05, 0.1) is 28.9 Å². The molecule has 5 heteroatoms. The molecule has 0 aliphatic heterocycles. The molecular weight excluding hydrogens is 373 g/mol. The molecule has 1 N–H and O–H groups in total. The third-order valence-electron chi connectivity index (χ3n) is 3.25. The highest BCUT2D eigenvalue weighted by Gasteiger charge is 2.17. The van der Waals surface area contributed by atoms with Crippen molar-refractivity contribution in [2.24, 2.45) is 0 Å². The Kier molecular flexibility index (Phi) is 5.80. The molecule has 0 radical (unpaired) electrons. The van der Waals surface area contributed by atoms with E-state index < -0.39 is 0 Å². The summed E-state index contributed by atoms with van der Waals surface area (Å²) < 4.78 is 6.29. The molecule has 2 aromatic rings. The summed E-state index contributed by atoms with van der Waals surface area (Å²) in [5.41, 5.74) is 1.82. The number of nitrogens with one attached hydrogen (secondary N) is 1. The van der Waals surface area contributed by atoms with Crippen molar-refractivity contribution >= 4 is 44.8 Å². The van der Waals surface area contributed by atoms with Crippen molar-refractivity contribution in [2.75, 3.05) is 12.4 Å². The second kappa shape index (κ2) is 7.39. The van der Waals surface area contributed by atoms with Gasteiger partial charge in [-0.15, -0.1) is 0 Å². The summed E-state index contributed by atoms with van der Waals surface area (Å²) in [6.07, 6.45) is 0.878. The Bertz CT molecular complexity index is 610. The first-order chi connectivity index (χ1) is 10.1. The van der Waals surface area contributed by atoms with Gasteiger partial charge in [-0.25, -0.2) is 0 Å². The van der Waals surface area contributed by atoms with Crippen molar-refractivity contribution < 1.29 is 4.74 Å². The largest absolute Gasteiger partial charge is 0.496 e. The monoisotopic (exact) mass is 387 g/mol. The Morgan fingerprint density at radius 2 is 1.81 bits per heavy atom. The highest BCUT2D eigenvalue weighted by atomic mass is 79.9. The van der Waals surface area contributed by atoms with Gasteiger partial charge in [-0.2, -0.15) is 0 Å². The topological polar surface area (TPSA) is 21.3 Å². The minimum atomic E-state index is 0.0670. The molecule has 0 aliphatic rings. The van der Waals surface area contributed by atoms with E-state index in [4.69, 9.17) is 27.9 Å². The van der Waals surface area contributed by atoms with Gasteiger partial charge in [-0.1, -0.05) is 64.3 Å². The van der Waals surface area contributed by atoms with Crippen LogP contribution in [0.25, 0.3) is 0 Å². The van der Waals surface area contributed by atoms with Crippen molar-refractivity contribution in [1.29, 1.82) is 0 Å². The predicted molar refractivity (Wildman–Crippen MR) is 93.8 cm³/mol. The number of benzene rings is 2. The Balaban J connectivity index is 2.36. The summed E-state index contributed by atoms with van der Waals surface area (Å²) in [5, 5.41) is 4.59. The summed E-state index contributed by atoms with van der Waals surface area (Å²) in [5.74, 6) is 0.848. The maximum atomic E-state index is 6.29. The average Bonchev–Trinajstić information content (AvgIpc) is 2.46. The van der Waals surface area contributed by atoms with Crippen LogP contribution in [-0.4, -0.2) is 7.11 Å². The van der Waals surface area contributed by atoms with Gasteiger partial charge in [0.25, 0.3) is 0 Å². The van der Waals surface area contributed by atoms with Gasteiger partial charge in [-0.3, -0.25) is 0 Å². The zero-order valence-corrected chi connectivity index (χ0v) is 14.9. The van der Waals surface area contributed by atoms with Gasteiger partial charge in [0.15, 0.2) is 0 Å². The number of para-hydroxylation sites is 1. The standard InChI is InChI=1S/C16H16BrCl2NO/c1-3-14(11-6-4-5-7-15(11)21-2)20-16-12(18)8-10(17)9-13(16)19/h4-9,14,20H,3H2,1-2H3. The Hall–Kier alpha value is -0.900. The fourth-order valence-corrected chi connectivity index (χ4v) is 3.53. The first kappa shape index (κ1) is 16.5. The van der Waals surface area contributed by atoms with Crippen LogP contribution >= 0.6 is 39.1 Å². The van der Waals surface area contributed by atoms with Crippen molar-refractivity contribution in [2.45, 2.75) is 19.4 Å². The van der Waals surface area contributed by atoms with Crippen molar-refractivity contribution in [1.82, 2.24) is 0 Å². The van der Waals surface area contributed by atoms with Crippen LogP contribution < -0.4 is 10.1 Å². The van der Waals surface area contributed by atoms with Crippen LogP contribution in [0.2, 0.25) is 10.0 Å². The fourth-order valence-electron chi connectivity index (χ4n) is 2.21. The zero-order chi connectivity index (χ0) is 15.4. The fraction of sp³-hybridized carbons (Fsp3) is 0.250. The molecule has 0 saturated carbocycles. The van der Waals surface area contributed by atoms with Crippen LogP contribution in [-0.2, 0) is 0 Å². The molecule has 0 amide bonds. The Morgan fingerprint density at radius 3 is 2.38 bits per heavy atom. The average molecular weight is 389 g/mol. The smallest absolute Gasteiger partial charge is 0.124 e. The molecule has 0 aromatic heterocycles. The molecule has 112 valence electrons. The maximum absolute atomic E-state index is 6.29. The predicted octanol–water partition coefficient (Wildman–Crippen LogP) is 6.33. The third kappa shape index (κ3) is 3.85. The number of halogens is 3. The summed E-state index contributed by atoms with van der Waals surface area (Å²) in [4.78, 5) is 0. The van der Waals surface area contributed by atoms with Gasteiger partial charge >= 0.3 is 0 Å². The van der Waals surface area contributed by atoms with Crippen LogP contribution in [0.5, 0.6) is 5.75 Å². The molecule has 2 nitrogen and oxygen atoms in total. The lowest BCUT2D eigenvalue weighted by molar-refractivity contribution is 0.406. The maximum Gasteiger partial charge on any atom is 0.124 e. The van der Waals surface area contributed by atoms with Gasteiger partial charge < -0.3 is 10.1 Å². The molecule has 2 aromatic carbocycles. The summed E-state index contributed by atoms with van der Waals surface area (Å²) in [6, 6.07) is 11.7. The van der Waals surface area contributed by atoms with Crippen molar-refractivity contribution in [3.63, 3.8) is 0 Å². The lowest BCUT2D eigenvalue weighted by Gasteiger charge is -2.22. The first-order valence-electron chi connectivity index (χ1n) is 6.60. The Morgan fingerprint density at radius 1 is 1.19 bits per heavy atom. The van der Waals surface area contributed by atoms with E-state index in [-0.39, 0.29) is 6.04 Å². The van der Waals surface area contributed by atoms with Crippen LogP contribution in [0.3, 0.4) is 0 Å². The minimum Gasteiger partial charge on any atom is -0.496 e. The molecule has 21 heavy (non-hydrogen) atoms. The zero-order valence-electron chi connectivity index (χ0n) is 11.8.